The summed E-state index contributed by atoms with van der Waals surface area (Å²) in [4.78, 5) is 31.0. The maximum absolute atomic E-state index is 13.4. The maximum atomic E-state index is 13.4. The first-order chi connectivity index (χ1) is 16.5. The second-order valence-corrected chi connectivity index (χ2v) is 8.29. The Labute approximate surface area is 196 Å². The molecule has 0 bridgehead atoms. The number of furan rings is 1. The maximum Gasteiger partial charge on any atom is 0.332 e. The Morgan fingerprint density at radius 3 is 2.59 bits per heavy atom. The van der Waals surface area contributed by atoms with Crippen LogP contribution in [0.4, 0.5) is 0 Å². The summed E-state index contributed by atoms with van der Waals surface area (Å²) in [6, 6.07) is 11.2. The van der Waals surface area contributed by atoms with Gasteiger partial charge in [-0.15, -0.1) is 0 Å². The number of aliphatic hydroxyl groups is 1. The number of nitrogens with zero attached hydrogens (tertiary/aromatic N) is 4. The van der Waals surface area contributed by atoms with Crippen molar-refractivity contribution in [2.75, 3.05) is 6.61 Å². The molecule has 180 valence electrons. The summed E-state index contributed by atoms with van der Waals surface area (Å²) >= 11 is 0. The van der Waals surface area contributed by atoms with Gasteiger partial charge in [0.25, 0.3) is 5.56 Å². The lowest BCUT2D eigenvalue weighted by atomic mass is 10.2. The molecule has 0 aliphatic rings. The van der Waals surface area contributed by atoms with Crippen LogP contribution in [0.1, 0.15) is 38.0 Å². The average Bonchev–Trinajstić information content (AvgIpc) is 3.51. The Kier molecular flexibility index (Phi) is 7.32. The van der Waals surface area contributed by atoms with Crippen molar-refractivity contribution in [3.8, 4) is 5.75 Å². The molecule has 0 radical (unpaired) electrons. The smallest absolute Gasteiger partial charge is 0.332 e. The molecule has 9 nitrogen and oxygen atoms in total. The lowest BCUT2D eigenvalue weighted by Gasteiger charge is -2.16. The van der Waals surface area contributed by atoms with Gasteiger partial charge in [0.15, 0.2) is 11.2 Å². The summed E-state index contributed by atoms with van der Waals surface area (Å²) in [5.41, 5.74) is 0.846. The van der Waals surface area contributed by atoms with E-state index in [4.69, 9.17) is 9.15 Å². The van der Waals surface area contributed by atoms with Crippen LogP contribution >= 0.6 is 0 Å². The zero-order chi connectivity index (χ0) is 24.1. The summed E-state index contributed by atoms with van der Waals surface area (Å²) < 4.78 is 15.4. The van der Waals surface area contributed by atoms with Crippen molar-refractivity contribution < 1.29 is 14.3 Å². The van der Waals surface area contributed by atoms with Crippen LogP contribution in [0.15, 0.2) is 63.0 Å². The number of aliphatic hydroxyl groups excluding tert-OH is 1. The lowest BCUT2D eigenvalue weighted by molar-refractivity contribution is 0.0901. The van der Waals surface area contributed by atoms with Gasteiger partial charge in [-0.2, -0.15) is 0 Å². The molecule has 1 atom stereocenters. The van der Waals surface area contributed by atoms with Crippen LogP contribution < -0.4 is 16.0 Å². The average molecular weight is 467 g/mol. The van der Waals surface area contributed by atoms with E-state index in [1.165, 1.54) is 10.1 Å². The fourth-order valence-corrected chi connectivity index (χ4v) is 3.89. The third-order valence-corrected chi connectivity index (χ3v) is 5.79. The van der Waals surface area contributed by atoms with Crippen molar-refractivity contribution in [1.82, 2.24) is 18.7 Å². The molecule has 1 N–H and O–H groups in total. The van der Waals surface area contributed by atoms with Crippen LogP contribution in [-0.4, -0.2) is 36.5 Å². The molecule has 4 rings (SSSR count). The van der Waals surface area contributed by atoms with Crippen LogP contribution in [0.3, 0.4) is 0 Å². The SMILES string of the molecule is CCCCn1c(=O)n(CC(O)COc2ccc(CC)cc2)c(=O)c2c1ncn2Cc1ccco1. The number of unbranched alkanes of at least 4 members (excludes halogenated alkanes) is 1. The first kappa shape index (κ1) is 23.6. The van der Waals surface area contributed by atoms with Gasteiger partial charge < -0.3 is 18.8 Å². The van der Waals surface area contributed by atoms with E-state index in [1.54, 1.807) is 23.2 Å². The summed E-state index contributed by atoms with van der Waals surface area (Å²) in [5, 5.41) is 10.6. The minimum absolute atomic E-state index is 0.0456. The molecular formula is C25H30N4O5. The standard InChI is InChI=1S/C25H30N4O5/c1-3-5-12-28-23-22(27(17-26-23)15-21-7-6-13-33-21)24(31)29(25(28)32)14-19(30)16-34-20-10-8-18(4-2)9-11-20/h6-11,13,17,19,30H,3-5,12,14-16H2,1-2H3. The van der Waals surface area contributed by atoms with Gasteiger partial charge in [-0.3, -0.25) is 13.9 Å². The van der Waals surface area contributed by atoms with Gasteiger partial charge in [0.05, 0.1) is 25.7 Å². The van der Waals surface area contributed by atoms with Crippen molar-refractivity contribution in [3.05, 3.63) is 81.2 Å². The highest BCUT2D eigenvalue weighted by molar-refractivity contribution is 5.70. The fraction of sp³-hybridized carbons (Fsp3) is 0.400. The second-order valence-electron chi connectivity index (χ2n) is 8.29. The molecule has 0 aliphatic heterocycles. The Morgan fingerprint density at radius 2 is 1.91 bits per heavy atom. The molecule has 0 aliphatic carbocycles. The third kappa shape index (κ3) is 4.99. The number of aromatic nitrogens is 4. The van der Waals surface area contributed by atoms with Crippen LogP contribution in [0.5, 0.6) is 5.75 Å². The summed E-state index contributed by atoms with van der Waals surface area (Å²) in [6.45, 7) is 4.61. The molecule has 9 heteroatoms. The molecule has 34 heavy (non-hydrogen) atoms. The van der Waals surface area contributed by atoms with Crippen molar-refractivity contribution in [1.29, 1.82) is 0 Å². The van der Waals surface area contributed by atoms with E-state index in [9.17, 15) is 14.7 Å². The van der Waals surface area contributed by atoms with E-state index < -0.39 is 17.4 Å². The predicted octanol–water partition coefficient (Wildman–Crippen LogP) is 2.80. The third-order valence-electron chi connectivity index (χ3n) is 5.79. The molecule has 0 saturated carbocycles. The monoisotopic (exact) mass is 466 g/mol. The second kappa shape index (κ2) is 10.6. The summed E-state index contributed by atoms with van der Waals surface area (Å²) in [7, 11) is 0. The Bertz CT molecular complexity index is 1330. The van der Waals surface area contributed by atoms with Crippen LogP contribution in [-0.2, 0) is 26.1 Å². The number of imidazole rings is 1. The van der Waals surface area contributed by atoms with E-state index in [0.29, 0.717) is 35.8 Å². The van der Waals surface area contributed by atoms with Crippen molar-refractivity contribution >= 4 is 11.2 Å². The number of ether oxygens (including phenoxy) is 1. The van der Waals surface area contributed by atoms with Crippen molar-refractivity contribution in [2.24, 2.45) is 0 Å². The van der Waals surface area contributed by atoms with E-state index in [1.807, 2.05) is 37.3 Å². The van der Waals surface area contributed by atoms with Crippen LogP contribution in [0, 0.1) is 0 Å². The minimum Gasteiger partial charge on any atom is -0.491 e. The summed E-state index contributed by atoms with van der Waals surface area (Å²) in [5.74, 6) is 1.29. The van der Waals surface area contributed by atoms with Crippen LogP contribution in [0.2, 0.25) is 0 Å². The summed E-state index contributed by atoms with van der Waals surface area (Å²) in [6.07, 6.45) is 4.63. The molecule has 0 saturated heterocycles. The highest BCUT2D eigenvalue weighted by atomic mass is 16.5. The topological polar surface area (TPSA) is 104 Å². The highest BCUT2D eigenvalue weighted by Gasteiger charge is 2.20. The van der Waals surface area contributed by atoms with E-state index in [0.717, 1.165) is 23.8 Å². The zero-order valence-electron chi connectivity index (χ0n) is 19.5. The van der Waals surface area contributed by atoms with Gasteiger partial charge >= 0.3 is 5.69 Å². The Balaban J connectivity index is 1.63. The van der Waals surface area contributed by atoms with Gasteiger partial charge in [-0.05, 0) is 42.7 Å². The fourth-order valence-electron chi connectivity index (χ4n) is 3.89. The van der Waals surface area contributed by atoms with Gasteiger partial charge in [-0.1, -0.05) is 32.4 Å². The highest BCUT2D eigenvalue weighted by Crippen LogP contribution is 2.14. The van der Waals surface area contributed by atoms with Crippen molar-refractivity contribution in [2.45, 2.75) is 58.8 Å². The zero-order valence-corrected chi connectivity index (χ0v) is 19.5. The number of fused-ring (bicyclic) bond motifs is 1. The number of hydrogen-bond donors (Lipinski definition) is 1. The Morgan fingerprint density at radius 1 is 1.12 bits per heavy atom. The quantitative estimate of drug-likeness (QED) is 0.365. The molecule has 1 unspecified atom stereocenters. The molecule has 3 aromatic heterocycles. The van der Waals surface area contributed by atoms with Gasteiger partial charge in [0.1, 0.15) is 24.2 Å². The number of hydrogen-bond acceptors (Lipinski definition) is 6. The number of aryl methyl sites for hydroxylation is 2. The molecule has 4 aromatic rings. The first-order valence-electron chi connectivity index (χ1n) is 11.6. The van der Waals surface area contributed by atoms with E-state index in [2.05, 4.69) is 11.9 Å². The molecule has 1 aromatic carbocycles. The molecular weight excluding hydrogens is 436 g/mol. The lowest BCUT2D eigenvalue weighted by Crippen LogP contribution is -2.44. The van der Waals surface area contributed by atoms with Gasteiger partial charge in [0, 0.05) is 6.54 Å². The molecule has 0 spiro atoms. The Hall–Kier alpha value is -3.59. The molecule has 0 fully saturated rings. The largest absolute Gasteiger partial charge is 0.491 e. The number of rotatable bonds is 11. The minimum atomic E-state index is -1.05. The van der Waals surface area contributed by atoms with E-state index >= 15 is 0 Å². The van der Waals surface area contributed by atoms with Crippen molar-refractivity contribution in [3.63, 3.8) is 0 Å². The normalized spacial score (nSPS) is 12.3. The predicted molar refractivity (Wildman–Crippen MR) is 128 cm³/mol. The molecule has 0 amide bonds. The first-order valence-corrected chi connectivity index (χ1v) is 11.6. The number of benzene rings is 1. The van der Waals surface area contributed by atoms with E-state index in [-0.39, 0.29) is 13.2 Å². The van der Waals surface area contributed by atoms with Crippen LogP contribution in [0.25, 0.3) is 11.2 Å². The molecule has 3 heterocycles. The van der Waals surface area contributed by atoms with Gasteiger partial charge in [0.2, 0.25) is 0 Å². The van der Waals surface area contributed by atoms with Gasteiger partial charge in [-0.25, -0.2) is 9.78 Å².